The van der Waals surface area contributed by atoms with Gasteiger partial charge in [-0.2, -0.15) is 0 Å². The van der Waals surface area contributed by atoms with Crippen molar-refractivity contribution >= 4 is 23.6 Å². The first-order chi connectivity index (χ1) is 14.9. The molecule has 0 aromatic heterocycles. The maximum Gasteiger partial charge on any atom is 0.338 e. The van der Waals surface area contributed by atoms with E-state index in [-0.39, 0.29) is 16.8 Å². The third-order valence-electron chi connectivity index (χ3n) is 4.88. The maximum absolute atomic E-state index is 12.6. The molecule has 1 aliphatic rings. The Hall–Kier alpha value is -3.72. The summed E-state index contributed by atoms with van der Waals surface area (Å²) >= 11 is 0. The molecular weight excluding hydrogens is 406 g/mol. The summed E-state index contributed by atoms with van der Waals surface area (Å²) in [5, 5.41) is 23.4. The van der Waals surface area contributed by atoms with Crippen molar-refractivity contribution in [2.45, 2.75) is 30.7 Å². The van der Waals surface area contributed by atoms with E-state index in [4.69, 9.17) is 9.47 Å². The van der Waals surface area contributed by atoms with Gasteiger partial charge in [-0.1, -0.05) is 41.6 Å². The van der Waals surface area contributed by atoms with Gasteiger partial charge in [0.05, 0.1) is 18.2 Å². The Morgan fingerprint density at radius 1 is 0.935 bits per heavy atom. The summed E-state index contributed by atoms with van der Waals surface area (Å²) in [5.41, 5.74) is -1.94. The topological polar surface area (TPSA) is 132 Å². The van der Waals surface area contributed by atoms with E-state index in [0.717, 1.165) is 7.11 Å². The van der Waals surface area contributed by atoms with Crippen LogP contribution in [0.2, 0.25) is 0 Å². The lowest BCUT2D eigenvalue weighted by Crippen LogP contribution is -2.57. The van der Waals surface area contributed by atoms with Crippen LogP contribution in [0.4, 0.5) is 0 Å². The number of nitrogens with zero attached hydrogens (tertiary/aromatic N) is 1. The molecule has 0 aliphatic heterocycles. The fraction of sp³-hybridized carbons (Fsp3) is 0.273. The summed E-state index contributed by atoms with van der Waals surface area (Å²) in [4.78, 5) is 37.3. The summed E-state index contributed by atoms with van der Waals surface area (Å²) in [7, 11) is 1.09. The minimum Gasteiger partial charge on any atom is -0.467 e. The Kier molecular flexibility index (Phi) is 6.66. The van der Waals surface area contributed by atoms with E-state index in [1.165, 1.54) is 24.3 Å². The molecule has 1 fully saturated rings. The lowest BCUT2D eigenvalue weighted by molar-refractivity contribution is -0.168. The summed E-state index contributed by atoms with van der Waals surface area (Å²) in [6.07, 6.45) is -3.54. The second-order valence-electron chi connectivity index (χ2n) is 7.00. The lowest BCUT2D eigenvalue weighted by Gasteiger charge is -2.38. The zero-order valence-electron chi connectivity index (χ0n) is 16.6. The van der Waals surface area contributed by atoms with Gasteiger partial charge in [-0.15, -0.1) is 0 Å². The van der Waals surface area contributed by atoms with Crippen molar-refractivity contribution in [1.29, 1.82) is 0 Å². The fourth-order valence-corrected chi connectivity index (χ4v) is 3.35. The average Bonchev–Trinajstić information content (AvgIpc) is 2.80. The van der Waals surface area contributed by atoms with Gasteiger partial charge in [0.1, 0.15) is 11.8 Å². The van der Waals surface area contributed by atoms with Gasteiger partial charge in [0.15, 0.2) is 11.7 Å². The second kappa shape index (κ2) is 9.40. The summed E-state index contributed by atoms with van der Waals surface area (Å²) in [6.45, 7) is 0. The summed E-state index contributed by atoms with van der Waals surface area (Å²) < 4.78 is 15.6. The van der Waals surface area contributed by atoms with Crippen LogP contribution < -0.4 is 0 Å². The van der Waals surface area contributed by atoms with Gasteiger partial charge in [-0.25, -0.2) is 14.4 Å². The molecule has 2 aromatic carbocycles. The highest BCUT2D eigenvalue weighted by molar-refractivity contribution is 5.99. The number of benzene rings is 2. The van der Waals surface area contributed by atoms with Crippen LogP contribution >= 0.6 is 0 Å². The number of ether oxygens (including phenoxy) is 3. The monoisotopic (exact) mass is 427 g/mol. The first kappa shape index (κ1) is 22.0. The van der Waals surface area contributed by atoms with E-state index in [1.807, 2.05) is 0 Å². The normalized spacial score (nSPS) is 24.3. The molecule has 0 amide bonds. The van der Waals surface area contributed by atoms with Gasteiger partial charge >= 0.3 is 17.9 Å². The minimum atomic E-state index is -2.13. The smallest absolute Gasteiger partial charge is 0.338 e. The van der Waals surface area contributed by atoms with Gasteiger partial charge < -0.3 is 24.5 Å². The van der Waals surface area contributed by atoms with Gasteiger partial charge in [0, 0.05) is 12.8 Å². The first-order valence-electron chi connectivity index (χ1n) is 9.41. The molecule has 3 rings (SSSR count). The Morgan fingerprint density at radius 2 is 1.45 bits per heavy atom. The number of rotatable bonds is 5. The number of carbonyl (C=O) groups excluding carboxylic acids is 3. The van der Waals surface area contributed by atoms with Crippen molar-refractivity contribution in [3.05, 3.63) is 71.8 Å². The van der Waals surface area contributed by atoms with Gasteiger partial charge in [0.25, 0.3) is 0 Å². The third-order valence-corrected chi connectivity index (χ3v) is 4.88. The van der Waals surface area contributed by atoms with Gasteiger partial charge in [-0.05, 0) is 24.3 Å². The van der Waals surface area contributed by atoms with Crippen molar-refractivity contribution in [2.75, 3.05) is 7.11 Å². The second-order valence-corrected chi connectivity index (χ2v) is 7.00. The first-order valence-corrected chi connectivity index (χ1v) is 9.41. The predicted molar refractivity (Wildman–Crippen MR) is 107 cm³/mol. The third kappa shape index (κ3) is 4.89. The van der Waals surface area contributed by atoms with E-state index < -0.39 is 48.6 Å². The molecule has 31 heavy (non-hydrogen) atoms. The molecule has 0 bridgehead atoms. The van der Waals surface area contributed by atoms with Crippen molar-refractivity contribution in [3.8, 4) is 0 Å². The molecule has 162 valence electrons. The van der Waals surface area contributed by atoms with Crippen molar-refractivity contribution < 1.29 is 38.9 Å². The van der Waals surface area contributed by atoms with Gasteiger partial charge in [-0.3, -0.25) is 0 Å². The zero-order chi connectivity index (χ0) is 22.4. The van der Waals surface area contributed by atoms with Crippen LogP contribution in [0.1, 0.15) is 33.6 Å². The molecule has 9 nitrogen and oxygen atoms in total. The molecule has 1 saturated carbocycles. The SMILES string of the molecule is COC(=O)[C@]1(O)C/C(=N\O)[C@@H](OC(=O)c2ccccc2)[C@H](OC(=O)c2ccccc2)C1. The number of methoxy groups -OCH3 is 1. The highest BCUT2D eigenvalue weighted by Crippen LogP contribution is 2.33. The van der Waals surface area contributed by atoms with E-state index >= 15 is 0 Å². The lowest BCUT2D eigenvalue weighted by atomic mass is 9.80. The van der Waals surface area contributed by atoms with E-state index in [2.05, 4.69) is 9.89 Å². The molecule has 0 saturated heterocycles. The number of aliphatic hydroxyl groups is 1. The molecular formula is C22H21NO8. The molecule has 0 spiro atoms. The van der Waals surface area contributed by atoms with Crippen LogP contribution in [-0.4, -0.2) is 58.9 Å². The number of hydrogen-bond donors (Lipinski definition) is 2. The van der Waals surface area contributed by atoms with Crippen LogP contribution in [0.25, 0.3) is 0 Å². The molecule has 0 unspecified atom stereocenters. The summed E-state index contributed by atoms with van der Waals surface area (Å²) in [6, 6.07) is 16.1. The molecule has 0 radical (unpaired) electrons. The highest BCUT2D eigenvalue weighted by Gasteiger charge is 2.52. The average molecular weight is 427 g/mol. The highest BCUT2D eigenvalue weighted by atomic mass is 16.6. The molecule has 3 atom stereocenters. The van der Waals surface area contributed by atoms with E-state index in [9.17, 15) is 24.7 Å². The Balaban J connectivity index is 1.91. The molecule has 1 aliphatic carbocycles. The molecule has 2 aromatic rings. The van der Waals surface area contributed by atoms with Crippen molar-refractivity contribution in [1.82, 2.24) is 0 Å². The number of oxime groups is 1. The van der Waals surface area contributed by atoms with Gasteiger partial charge in [0.2, 0.25) is 0 Å². The number of hydrogen-bond acceptors (Lipinski definition) is 9. The quantitative estimate of drug-likeness (QED) is 0.320. The van der Waals surface area contributed by atoms with Crippen molar-refractivity contribution in [2.24, 2.45) is 5.16 Å². The Bertz CT molecular complexity index is 976. The van der Waals surface area contributed by atoms with Crippen LogP contribution in [0.15, 0.2) is 65.8 Å². The Morgan fingerprint density at radius 3 is 1.94 bits per heavy atom. The fourth-order valence-electron chi connectivity index (χ4n) is 3.35. The molecule has 2 N–H and O–H groups in total. The minimum absolute atomic E-state index is 0.213. The van der Waals surface area contributed by atoms with Crippen LogP contribution in [0, 0.1) is 0 Å². The zero-order valence-corrected chi connectivity index (χ0v) is 16.6. The largest absolute Gasteiger partial charge is 0.467 e. The number of esters is 3. The van der Waals surface area contributed by atoms with Crippen LogP contribution in [-0.2, 0) is 19.0 Å². The predicted octanol–water partition coefficient (Wildman–Crippen LogP) is 1.97. The van der Waals surface area contributed by atoms with E-state index in [1.54, 1.807) is 36.4 Å². The summed E-state index contributed by atoms with van der Waals surface area (Å²) in [5.74, 6) is -2.52. The maximum atomic E-state index is 12.6. The standard InChI is InChI=1S/C22H21NO8/c1-29-21(26)22(27)12-16(23-28)18(31-20(25)15-10-6-3-7-11-15)17(13-22)30-19(24)14-8-4-2-5-9-14/h2-11,17-18,27-28H,12-13H2,1H3/b23-16+/t17-,18-,22+/m1/s1. The Labute approximate surface area is 177 Å². The van der Waals surface area contributed by atoms with E-state index in [0.29, 0.717) is 0 Å². The van der Waals surface area contributed by atoms with Crippen LogP contribution in [0.3, 0.4) is 0 Å². The number of carbonyl (C=O) groups is 3. The van der Waals surface area contributed by atoms with Crippen molar-refractivity contribution in [3.63, 3.8) is 0 Å². The van der Waals surface area contributed by atoms with Crippen LogP contribution in [0.5, 0.6) is 0 Å². The molecule has 0 heterocycles. The molecule has 9 heteroatoms.